The van der Waals surface area contributed by atoms with Crippen molar-refractivity contribution in [1.29, 1.82) is 0 Å². The molecular formula is C33H38N2O10. The fourth-order valence-electron chi connectivity index (χ4n) is 8.42. The number of ether oxygens (including phenoxy) is 4. The minimum Gasteiger partial charge on any atom is -0.507 e. The van der Waals surface area contributed by atoms with Gasteiger partial charge in [0, 0.05) is 49.2 Å². The summed E-state index contributed by atoms with van der Waals surface area (Å²) < 4.78 is 24.2. The van der Waals surface area contributed by atoms with Crippen LogP contribution in [0.4, 0.5) is 0 Å². The number of aliphatic hydroxyl groups is 1. The zero-order valence-electron chi connectivity index (χ0n) is 25.4. The van der Waals surface area contributed by atoms with Crippen LogP contribution in [-0.4, -0.2) is 94.6 Å². The van der Waals surface area contributed by atoms with Gasteiger partial charge in [0.2, 0.25) is 11.7 Å². The van der Waals surface area contributed by atoms with Gasteiger partial charge in [-0.2, -0.15) is 0 Å². The molecule has 1 saturated carbocycles. The molecule has 1 unspecified atom stereocenters. The summed E-state index contributed by atoms with van der Waals surface area (Å²) in [7, 11) is 3.07. The Morgan fingerprint density at radius 3 is 2.56 bits per heavy atom. The van der Waals surface area contributed by atoms with E-state index in [9.17, 15) is 29.7 Å². The lowest BCUT2D eigenvalue weighted by atomic mass is 9.72. The molecule has 2 heterocycles. The first-order valence-corrected chi connectivity index (χ1v) is 15.5. The number of phenols is 2. The van der Waals surface area contributed by atoms with E-state index in [1.165, 1.54) is 19.2 Å². The summed E-state index contributed by atoms with van der Waals surface area (Å²) in [5.41, 5.74) is 2.75. The molecule has 2 aromatic rings. The monoisotopic (exact) mass is 622 g/mol. The fraction of sp³-hybridized carbons (Fsp3) is 0.545. The number of amides is 1. The summed E-state index contributed by atoms with van der Waals surface area (Å²) in [4.78, 5) is 42.5. The first-order valence-electron chi connectivity index (χ1n) is 15.5. The smallest absolute Gasteiger partial charge is 0.249 e. The lowest BCUT2D eigenvalue weighted by Gasteiger charge is -2.43. The van der Waals surface area contributed by atoms with E-state index >= 15 is 0 Å². The van der Waals surface area contributed by atoms with Gasteiger partial charge in [0.05, 0.1) is 48.2 Å². The predicted octanol–water partition coefficient (Wildman–Crippen LogP) is 2.10. The Kier molecular flexibility index (Phi) is 7.21. The molecule has 45 heavy (non-hydrogen) atoms. The molecule has 3 aliphatic carbocycles. The number of hydrogen-bond acceptors (Lipinski definition) is 11. The van der Waals surface area contributed by atoms with Crippen LogP contribution in [0.3, 0.4) is 0 Å². The standard InChI is InChI=1S/C33H38N2O10/c1-14-10-15(11-18-30(14)45-31-20(43-3)8-5-9-35(18)31)44-21-13-33(41,32(34)40)12-17-23(21)29(39)25-24(27(17)37)26(36)16-6-4-7-19(42-2)22(16)28(25)38/h4,6-7,14-15,18,20-21,30-31,37,39,41H,5,8-13H2,1-3H3,(H2,34,40)/t14-,15?,18+,20+,21+,30-,31-,33-/m1/s1. The van der Waals surface area contributed by atoms with Gasteiger partial charge in [-0.1, -0.05) is 19.1 Å². The first kappa shape index (κ1) is 30.1. The van der Waals surface area contributed by atoms with Gasteiger partial charge >= 0.3 is 0 Å². The lowest BCUT2D eigenvalue weighted by molar-refractivity contribution is -0.148. The third-order valence-corrected chi connectivity index (χ3v) is 10.5. The van der Waals surface area contributed by atoms with E-state index in [0.717, 1.165) is 19.4 Å². The van der Waals surface area contributed by atoms with Gasteiger partial charge in [-0.3, -0.25) is 19.3 Å². The molecule has 2 saturated heterocycles. The molecular weight excluding hydrogens is 584 g/mol. The van der Waals surface area contributed by atoms with Crippen molar-refractivity contribution in [2.75, 3.05) is 20.8 Å². The zero-order valence-corrected chi connectivity index (χ0v) is 25.4. The molecule has 2 aliphatic heterocycles. The minimum atomic E-state index is -2.14. The van der Waals surface area contributed by atoms with Crippen LogP contribution in [0.5, 0.6) is 17.2 Å². The summed E-state index contributed by atoms with van der Waals surface area (Å²) in [5, 5.41) is 34.7. The second-order valence-corrected chi connectivity index (χ2v) is 13.1. The second kappa shape index (κ2) is 10.8. The summed E-state index contributed by atoms with van der Waals surface area (Å²) in [6.45, 7) is 2.96. The third kappa shape index (κ3) is 4.41. The number of aromatic hydroxyl groups is 2. The number of methoxy groups -OCH3 is 2. The molecule has 3 fully saturated rings. The summed E-state index contributed by atoms with van der Waals surface area (Å²) >= 11 is 0. The van der Waals surface area contributed by atoms with Gasteiger partial charge in [-0.15, -0.1) is 0 Å². The van der Waals surface area contributed by atoms with Crippen molar-refractivity contribution in [3.05, 3.63) is 51.6 Å². The molecule has 2 aromatic carbocycles. The van der Waals surface area contributed by atoms with E-state index < -0.39 is 52.7 Å². The molecule has 5 aliphatic rings. The van der Waals surface area contributed by atoms with Gasteiger partial charge in [0.15, 0.2) is 5.78 Å². The van der Waals surface area contributed by atoms with E-state index in [1.807, 2.05) is 0 Å². The number of piperidine rings is 1. The van der Waals surface area contributed by atoms with Crippen molar-refractivity contribution in [3.63, 3.8) is 0 Å². The number of ketones is 2. The number of rotatable bonds is 5. The average molecular weight is 623 g/mol. The van der Waals surface area contributed by atoms with E-state index in [1.54, 1.807) is 13.2 Å². The Morgan fingerprint density at radius 2 is 1.84 bits per heavy atom. The molecule has 240 valence electrons. The summed E-state index contributed by atoms with van der Waals surface area (Å²) in [6, 6.07) is 4.57. The molecule has 1 amide bonds. The molecule has 0 spiro atoms. The number of primary amides is 1. The number of nitrogens with two attached hydrogens (primary N) is 1. The highest BCUT2D eigenvalue weighted by Gasteiger charge is 2.54. The van der Waals surface area contributed by atoms with Crippen molar-refractivity contribution in [2.24, 2.45) is 11.7 Å². The van der Waals surface area contributed by atoms with Gasteiger partial charge in [0.1, 0.15) is 29.1 Å². The Bertz CT molecular complexity index is 1610. The van der Waals surface area contributed by atoms with Crippen molar-refractivity contribution >= 4 is 17.5 Å². The molecule has 5 N–H and O–H groups in total. The van der Waals surface area contributed by atoms with Crippen molar-refractivity contribution in [2.45, 2.75) is 87.7 Å². The maximum Gasteiger partial charge on any atom is 0.249 e. The van der Waals surface area contributed by atoms with Gasteiger partial charge in [-0.05, 0) is 37.7 Å². The van der Waals surface area contributed by atoms with Crippen LogP contribution in [0, 0.1) is 5.92 Å². The molecule has 7 rings (SSSR count). The molecule has 12 heteroatoms. The number of nitrogens with zero attached hydrogens (tertiary/aromatic N) is 1. The van der Waals surface area contributed by atoms with Crippen LogP contribution in [0.15, 0.2) is 18.2 Å². The van der Waals surface area contributed by atoms with E-state index in [0.29, 0.717) is 12.8 Å². The topological polar surface area (TPSA) is 178 Å². The van der Waals surface area contributed by atoms with E-state index in [4.69, 9.17) is 24.7 Å². The Hall–Kier alpha value is -3.55. The van der Waals surface area contributed by atoms with E-state index in [-0.39, 0.29) is 76.5 Å². The van der Waals surface area contributed by atoms with Gasteiger partial charge < -0.3 is 40.0 Å². The van der Waals surface area contributed by atoms with Gasteiger partial charge in [-0.25, -0.2) is 0 Å². The van der Waals surface area contributed by atoms with Crippen LogP contribution >= 0.6 is 0 Å². The highest BCUT2D eigenvalue weighted by Crippen LogP contribution is 2.53. The van der Waals surface area contributed by atoms with Crippen LogP contribution in [0.2, 0.25) is 0 Å². The number of hydrogen-bond donors (Lipinski definition) is 4. The Labute approximate surface area is 260 Å². The second-order valence-electron chi connectivity index (χ2n) is 13.1. The molecule has 0 bridgehead atoms. The van der Waals surface area contributed by atoms with Crippen LogP contribution in [0.1, 0.15) is 88.1 Å². The largest absolute Gasteiger partial charge is 0.507 e. The van der Waals surface area contributed by atoms with Crippen LogP contribution in [-0.2, 0) is 25.4 Å². The summed E-state index contributed by atoms with van der Waals surface area (Å²) in [5.74, 6) is -3.29. The van der Waals surface area contributed by atoms with E-state index in [2.05, 4.69) is 11.8 Å². The van der Waals surface area contributed by atoms with Crippen molar-refractivity contribution in [1.82, 2.24) is 4.90 Å². The van der Waals surface area contributed by atoms with Crippen molar-refractivity contribution in [3.8, 4) is 17.2 Å². The maximum absolute atomic E-state index is 13.9. The number of phenolic OH excluding ortho intramolecular Hbond substituents is 2. The normalized spacial score (nSPS) is 33.9. The van der Waals surface area contributed by atoms with Crippen LogP contribution < -0.4 is 10.5 Å². The first-order chi connectivity index (χ1) is 21.5. The molecule has 8 atom stereocenters. The van der Waals surface area contributed by atoms with Gasteiger partial charge in [0.25, 0.3) is 0 Å². The third-order valence-electron chi connectivity index (χ3n) is 10.5. The lowest BCUT2D eigenvalue weighted by Crippen LogP contribution is -2.52. The quantitative estimate of drug-likeness (QED) is 0.306. The molecule has 0 radical (unpaired) electrons. The zero-order chi connectivity index (χ0) is 31.9. The van der Waals surface area contributed by atoms with Crippen LogP contribution in [0.25, 0.3) is 0 Å². The Balaban J connectivity index is 1.29. The highest BCUT2D eigenvalue weighted by molar-refractivity contribution is 6.31. The number of carbonyl (C=O) groups excluding carboxylic acids is 3. The SMILES string of the molecule is COc1cccc2c1C(=O)c1c(O)c3c(c(O)c1C2=O)C[C@](O)(C(N)=O)C[C@@H]3OC1C[C@@H](C)[C@H]2O[C@@H]3[C@@H](OC)CCCN3[C@H]2C1. The fourth-order valence-corrected chi connectivity index (χ4v) is 8.42. The minimum absolute atomic E-state index is 0.00605. The highest BCUT2D eigenvalue weighted by atomic mass is 16.6. The maximum atomic E-state index is 13.9. The summed E-state index contributed by atoms with van der Waals surface area (Å²) in [6.07, 6.45) is 0.606. The number of benzene rings is 2. The van der Waals surface area contributed by atoms with Crippen molar-refractivity contribution < 1.29 is 48.7 Å². The predicted molar refractivity (Wildman–Crippen MR) is 157 cm³/mol. The number of carbonyl (C=O) groups is 3. The molecule has 0 aromatic heterocycles. The average Bonchev–Trinajstić information content (AvgIpc) is 3.40. The Morgan fingerprint density at radius 1 is 1.09 bits per heavy atom. The molecule has 12 nitrogen and oxygen atoms in total. The number of fused-ring (bicyclic) bond motifs is 6.